The average molecular weight is 422 g/mol. The van der Waals surface area contributed by atoms with Gasteiger partial charge in [-0.25, -0.2) is 9.67 Å². The molecular weight excluding hydrogens is 390 g/mol. The van der Waals surface area contributed by atoms with E-state index in [1.54, 1.807) is 6.20 Å². The van der Waals surface area contributed by atoms with E-state index in [0.29, 0.717) is 17.8 Å². The molecule has 0 spiro atoms. The second-order valence-corrected chi connectivity index (χ2v) is 8.64. The van der Waals surface area contributed by atoms with Gasteiger partial charge in [0.25, 0.3) is 5.91 Å². The Morgan fingerprint density at radius 2 is 2.10 bits per heavy atom. The molecule has 1 atom stereocenters. The molecule has 0 bridgehead atoms. The molecule has 1 aliphatic heterocycles. The van der Waals surface area contributed by atoms with Crippen LogP contribution in [0.5, 0.6) is 0 Å². The zero-order chi connectivity index (χ0) is 22.0. The lowest BCUT2D eigenvalue weighted by atomic mass is 10.1. The number of hydrogen-bond donors (Lipinski definition) is 1. The van der Waals surface area contributed by atoms with Crippen LogP contribution in [-0.4, -0.2) is 51.4 Å². The molecule has 1 aromatic carbocycles. The highest BCUT2D eigenvalue weighted by atomic mass is 16.5. The number of hydrogen-bond acceptors (Lipinski definition) is 5. The second kappa shape index (κ2) is 9.16. The van der Waals surface area contributed by atoms with Gasteiger partial charge in [0.1, 0.15) is 0 Å². The van der Waals surface area contributed by atoms with E-state index in [2.05, 4.69) is 59.3 Å². The molecule has 1 N–H and O–H groups in total. The van der Waals surface area contributed by atoms with Crippen molar-refractivity contribution in [3.05, 3.63) is 58.9 Å². The third-order valence-electron chi connectivity index (χ3n) is 5.67. The SMILES string of the molecule is Cc1nc2c(cnn2C(C)C)cc1C(=O)NCc1cccc(CN2CCOC(C)C2)c1. The second-order valence-electron chi connectivity index (χ2n) is 8.64. The van der Waals surface area contributed by atoms with Gasteiger partial charge in [0.05, 0.1) is 30.2 Å². The van der Waals surface area contributed by atoms with E-state index in [1.807, 2.05) is 23.7 Å². The number of nitrogens with zero attached hydrogens (tertiary/aromatic N) is 4. The van der Waals surface area contributed by atoms with E-state index in [0.717, 1.165) is 42.8 Å². The number of carbonyl (C=O) groups excluding carboxylic acids is 1. The molecule has 4 rings (SSSR count). The van der Waals surface area contributed by atoms with Crippen molar-refractivity contribution >= 4 is 16.9 Å². The van der Waals surface area contributed by atoms with Gasteiger partial charge in [-0.3, -0.25) is 9.69 Å². The number of aryl methyl sites for hydroxylation is 1. The van der Waals surface area contributed by atoms with Crippen LogP contribution in [0.4, 0.5) is 0 Å². The number of rotatable bonds is 6. The average Bonchev–Trinajstić information content (AvgIpc) is 3.14. The molecular formula is C24H31N5O2. The van der Waals surface area contributed by atoms with Crippen molar-refractivity contribution in [3.63, 3.8) is 0 Å². The number of amides is 1. The summed E-state index contributed by atoms with van der Waals surface area (Å²) in [6.45, 7) is 12.2. The highest BCUT2D eigenvalue weighted by Crippen LogP contribution is 2.19. The lowest BCUT2D eigenvalue weighted by Gasteiger charge is -2.31. The van der Waals surface area contributed by atoms with E-state index in [9.17, 15) is 4.79 Å². The fourth-order valence-corrected chi connectivity index (χ4v) is 4.08. The molecule has 1 unspecified atom stereocenters. The van der Waals surface area contributed by atoms with Gasteiger partial charge in [-0.05, 0) is 44.9 Å². The van der Waals surface area contributed by atoms with Gasteiger partial charge >= 0.3 is 0 Å². The highest BCUT2D eigenvalue weighted by Gasteiger charge is 2.17. The number of ether oxygens (including phenoxy) is 1. The minimum absolute atomic E-state index is 0.114. The minimum Gasteiger partial charge on any atom is -0.376 e. The molecule has 1 amide bonds. The number of aromatic nitrogens is 3. The maximum Gasteiger partial charge on any atom is 0.253 e. The van der Waals surface area contributed by atoms with E-state index in [4.69, 9.17) is 4.74 Å². The van der Waals surface area contributed by atoms with Crippen molar-refractivity contribution in [1.29, 1.82) is 0 Å². The van der Waals surface area contributed by atoms with Crippen molar-refractivity contribution in [2.24, 2.45) is 0 Å². The van der Waals surface area contributed by atoms with Crippen LogP contribution in [0.1, 0.15) is 54.0 Å². The van der Waals surface area contributed by atoms with Crippen LogP contribution in [0.25, 0.3) is 11.0 Å². The molecule has 164 valence electrons. The number of benzene rings is 1. The van der Waals surface area contributed by atoms with Crippen molar-refractivity contribution < 1.29 is 9.53 Å². The lowest BCUT2D eigenvalue weighted by Crippen LogP contribution is -2.40. The van der Waals surface area contributed by atoms with Crippen molar-refractivity contribution in [2.75, 3.05) is 19.7 Å². The first-order valence-electron chi connectivity index (χ1n) is 11.0. The summed E-state index contributed by atoms with van der Waals surface area (Å²) >= 11 is 0. The molecule has 2 aromatic heterocycles. The molecule has 3 heterocycles. The molecule has 0 aliphatic carbocycles. The predicted octanol–water partition coefficient (Wildman–Crippen LogP) is 3.47. The van der Waals surface area contributed by atoms with Gasteiger partial charge in [-0.1, -0.05) is 24.3 Å². The predicted molar refractivity (Wildman–Crippen MR) is 121 cm³/mol. The van der Waals surface area contributed by atoms with Crippen molar-refractivity contribution in [3.8, 4) is 0 Å². The molecule has 0 radical (unpaired) electrons. The molecule has 0 saturated carbocycles. The Labute approximate surface area is 183 Å². The minimum atomic E-state index is -0.114. The Morgan fingerprint density at radius 3 is 2.87 bits per heavy atom. The van der Waals surface area contributed by atoms with Crippen LogP contribution < -0.4 is 5.32 Å². The summed E-state index contributed by atoms with van der Waals surface area (Å²) in [5.41, 5.74) is 4.46. The maximum absolute atomic E-state index is 12.9. The number of morpholine rings is 1. The van der Waals surface area contributed by atoms with Crippen LogP contribution in [0, 0.1) is 6.92 Å². The zero-order valence-corrected chi connectivity index (χ0v) is 18.8. The largest absolute Gasteiger partial charge is 0.376 e. The van der Waals surface area contributed by atoms with Crippen LogP contribution in [0.15, 0.2) is 36.5 Å². The Morgan fingerprint density at radius 1 is 1.29 bits per heavy atom. The summed E-state index contributed by atoms with van der Waals surface area (Å²) in [6, 6.07) is 10.5. The van der Waals surface area contributed by atoms with Crippen LogP contribution in [0.3, 0.4) is 0 Å². The fourth-order valence-electron chi connectivity index (χ4n) is 4.08. The normalized spacial score (nSPS) is 17.4. The first-order valence-corrected chi connectivity index (χ1v) is 11.0. The zero-order valence-electron chi connectivity index (χ0n) is 18.8. The van der Waals surface area contributed by atoms with Gasteiger partial charge in [0.2, 0.25) is 0 Å². The standard InChI is InChI=1S/C24H31N5O2/c1-16(2)29-23-21(13-26-29)11-22(18(4)27-23)24(30)25-12-19-6-5-7-20(10-19)15-28-8-9-31-17(3)14-28/h5-7,10-11,13,16-17H,8-9,12,14-15H2,1-4H3,(H,25,30). The Balaban J connectivity index is 1.42. The van der Waals surface area contributed by atoms with Crippen LogP contribution >= 0.6 is 0 Å². The van der Waals surface area contributed by atoms with E-state index >= 15 is 0 Å². The summed E-state index contributed by atoms with van der Waals surface area (Å²) in [6.07, 6.45) is 2.05. The Bertz CT molecular complexity index is 1080. The molecule has 1 aliphatic rings. The Kier molecular flexibility index (Phi) is 6.34. The number of pyridine rings is 1. The van der Waals surface area contributed by atoms with Gasteiger partial charge in [-0.2, -0.15) is 5.10 Å². The molecule has 7 heteroatoms. The van der Waals surface area contributed by atoms with E-state index in [-0.39, 0.29) is 18.1 Å². The third-order valence-corrected chi connectivity index (χ3v) is 5.67. The lowest BCUT2D eigenvalue weighted by molar-refractivity contribution is -0.0212. The van der Waals surface area contributed by atoms with Crippen molar-refractivity contribution in [1.82, 2.24) is 25.0 Å². The molecule has 7 nitrogen and oxygen atoms in total. The summed E-state index contributed by atoms with van der Waals surface area (Å²) in [5, 5.41) is 8.33. The molecule has 1 fully saturated rings. The maximum atomic E-state index is 12.9. The molecule has 1 saturated heterocycles. The van der Waals surface area contributed by atoms with E-state index < -0.39 is 0 Å². The van der Waals surface area contributed by atoms with Crippen LogP contribution in [0.2, 0.25) is 0 Å². The van der Waals surface area contributed by atoms with Gasteiger partial charge < -0.3 is 10.1 Å². The summed E-state index contributed by atoms with van der Waals surface area (Å²) in [7, 11) is 0. The summed E-state index contributed by atoms with van der Waals surface area (Å²) in [4.78, 5) is 19.9. The van der Waals surface area contributed by atoms with Crippen LogP contribution in [-0.2, 0) is 17.8 Å². The topological polar surface area (TPSA) is 72.3 Å². The smallest absolute Gasteiger partial charge is 0.253 e. The highest BCUT2D eigenvalue weighted by molar-refractivity contribution is 5.98. The number of fused-ring (bicyclic) bond motifs is 1. The third kappa shape index (κ3) is 4.94. The summed E-state index contributed by atoms with van der Waals surface area (Å²) in [5.74, 6) is -0.114. The van der Waals surface area contributed by atoms with Gasteiger partial charge in [0.15, 0.2) is 5.65 Å². The van der Waals surface area contributed by atoms with Gasteiger partial charge in [-0.15, -0.1) is 0 Å². The monoisotopic (exact) mass is 421 g/mol. The first kappa shape index (κ1) is 21.5. The Hall–Kier alpha value is -2.77. The summed E-state index contributed by atoms with van der Waals surface area (Å²) < 4.78 is 7.51. The first-order chi connectivity index (χ1) is 14.9. The molecule has 31 heavy (non-hydrogen) atoms. The van der Waals surface area contributed by atoms with Crippen molar-refractivity contribution in [2.45, 2.75) is 52.9 Å². The number of nitrogens with one attached hydrogen (secondary N) is 1. The quantitative estimate of drug-likeness (QED) is 0.660. The van der Waals surface area contributed by atoms with Gasteiger partial charge in [0, 0.05) is 37.6 Å². The number of carbonyl (C=O) groups is 1. The molecule has 3 aromatic rings. The fraction of sp³-hybridized carbons (Fsp3) is 0.458. The van der Waals surface area contributed by atoms with E-state index in [1.165, 1.54) is 5.56 Å².